The Morgan fingerprint density at radius 3 is 2.97 bits per heavy atom. The van der Waals surface area contributed by atoms with Gasteiger partial charge in [-0.15, -0.1) is 0 Å². The summed E-state index contributed by atoms with van der Waals surface area (Å²) in [7, 11) is 0. The first kappa shape index (κ1) is 22.8. The first-order valence-electron chi connectivity index (χ1n) is 11.1. The molecule has 0 aliphatic heterocycles. The van der Waals surface area contributed by atoms with Gasteiger partial charge in [-0.1, -0.05) is 11.6 Å². The maximum Gasteiger partial charge on any atom is 0.325 e. The lowest BCUT2D eigenvalue weighted by Crippen LogP contribution is -2.47. The minimum Gasteiger partial charge on any atom is -0.465 e. The lowest BCUT2D eigenvalue weighted by molar-refractivity contribution is -0.141. The number of aromatic nitrogens is 3. The van der Waals surface area contributed by atoms with Crippen molar-refractivity contribution in [2.75, 3.05) is 18.5 Å². The highest BCUT2D eigenvalue weighted by molar-refractivity contribution is 6.29. The molecule has 9 nitrogen and oxygen atoms in total. The summed E-state index contributed by atoms with van der Waals surface area (Å²) in [6.45, 7) is 1.86. The van der Waals surface area contributed by atoms with Gasteiger partial charge < -0.3 is 25.7 Å². The van der Waals surface area contributed by atoms with Gasteiger partial charge in [0.2, 0.25) is 0 Å². The molecule has 1 fully saturated rings. The molecule has 4 N–H and O–H groups in total. The number of hydrogen-bond donors (Lipinski definition) is 4. The van der Waals surface area contributed by atoms with Crippen molar-refractivity contribution in [2.24, 2.45) is 0 Å². The fourth-order valence-corrected chi connectivity index (χ4v) is 4.39. The maximum absolute atomic E-state index is 12.1. The van der Waals surface area contributed by atoms with Crippen LogP contribution in [0.2, 0.25) is 5.15 Å². The van der Waals surface area contributed by atoms with Gasteiger partial charge in [0.1, 0.15) is 23.2 Å². The molecule has 0 saturated heterocycles. The quantitative estimate of drug-likeness (QED) is 0.307. The molecule has 0 spiro atoms. The second-order valence-electron chi connectivity index (χ2n) is 8.00. The number of rotatable bonds is 7. The molecule has 2 amide bonds. The van der Waals surface area contributed by atoms with E-state index in [2.05, 4.69) is 30.9 Å². The second kappa shape index (κ2) is 10.5. The standard InChI is InChI=1S/C23H27ClN6O3/c1-2-33-21(31)13-27-23(32)29-16-6-3-5-15(11-16)28-20-10-14(9-19(24)30-20)18-12-26-22-17(18)7-4-8-25-22/h4,7-10,12,15-16H,2-3,5-6,11,13H2,1H3,(H,25,26)(H,28,30)(H2,27,29,32). The van der Waals surface area contributed by atoms with E-state index in [9.17, 15) is 9.59 Å². The number of esters is 1. The minimum absolute atomic E-state index is 0.00297. The normalized spacial score (nSPS) is 18.0. The Hall–Kier alpha value is -3.33. The van der Waals surface area contributed by atoms with Gasteiger partial charge in [0, 0.05) is 35.4 Å². The van der Waals surface area contributed by atoms with Crippen molar-refractivity contribution in [1.82, 2.24) is 25.6 Å². The molecule has 1 aliphatic rings. The monoisotopic (exact) mass is 470 g/mol. The summed E-state index contributed by atoms with van der Waals surface area (Å²) in [5.41, 5.74) is 2.77. The zero-order valence-electron chi connectivity index (χ0n) is 18.4. The number of nitrogens with one attached hydrogen (secondary N) is 4. The maximum atomic E-state index is 12.1. The smallest absolute Gasteiger partial charge is 0.325 e. The lowest BCUT2D eigenvalue weighted by atomic mass is 9.91. The van der Waals surface area contributed by atoms with E-state index >= 15 is 0 Å². The number of urea groups is 1. The second-order valence-corrected chi connectivity index (χ2v) is 8.39. The van der Waals surface area contributed by atoms with Crippen molar-refractivity contribution in [2.45, 2.75) is 44.7 Å². The molecule has 0 radical (unpaired) electrons. The number of H-pyrrole nitrogens is 1. The van der Waals surface area contributed by atoms with E-state index in [0.29, 0.717) is 11.0 Å². The topological polar surface area (TPSA) is 121 Å². The van der Waals surface area contributed by atoms with Crippen LogP contribution in [0.3, 0.4) is 0 Å². The van der Waals surface area contributed by atoms with Crippen LogP contribution in [0.25, 0.3) is 22.2 Å². The van der Waals surface area contributed by atoms with Gasteiger partial charge in [-0.3, -0.25) is 4.79 Å². The highest BCUT2D eigenvalue weighted by atomic mass is 35.5. The van der Waals surface area contributed by atoms with E-state index in [1.807, 2.05) is 30.5 Å². The van der Waals surface area contributed by atoms with Crippen LogP contribution in [0, 0.1) is 0 Å². The number of ether oxygens (including phenoxy) is 1. The van der Waals surface area contributed by atoms with Crippen molar-refractivity contribution >= 4 is 40.5 Å². The Bertz CT molecular complexity index is 1130. The number of carbonyl (C=O) groups excluding carboxylic acids is 2. The van der Waals surface area contributed by atoms with Crippen LogP contribution < -0.4 is 16.0 Å². The summed E-state index contributed by atoms with van der Waals surface area (Å²) in [6.07, 6.45) is 7.21. The average molecular weight is 471 g/mol. The summed E-state index contributed by atoms with van der Waals surface area (Å²) in [5, 5.41) is 10.4. The summed E-state index contributed by atoms with van der Waals surface area (Å²) in [6, 6.07) is 7.49. The Labute approximate surface area is 196 Å². The van der Waals surface area contributed by atoms with Gasteiger partial charge in [-0.25, -0.2) is 14.8 Å². The van der Waals surface area contributed by atoms with Gasteiger partial charge in [0.25, 0.3) is 0 Å². The number of fused-ring (bicyclic) bond motifs is 1. The van der Waals surface area contributed by atoms with Gasteiger partial charge >= 0.3 is 12.0 Å². The molecule has 2 atom stereocenters. The lowest BCUT2D eigenvalue weighted by Gasteiger charge is -2.30. The van der Waals surface area contributed by atoms with Crippen molar-refractivity contribution in [3.8, 4) is 11.1 Å². The number of aromatic amines is 1. The summed E-state index contributed by atoms with van der Waals surface area (Å²) in [4.78, 5) is 35.5. The van der Waals surface area contributed by atoms with E-state index in [0.717, 1.165) is 47.8 Å². The molecule has 1 saturated carbocycles. The van der Waals surface area contributed by atoms with Gasteiger partial charge in [0.15, 0.2) is 0 Å². The van der Waals surface area contributed by atoms with Crippen LogP contribution >= 0.6 is 11.6 Å². The molecule has 33 heavy (non-hydrogen) atoms. The molecule has 4 rings (SSSR count). The number of nitrogens with zero attached hydrogens (tertiary/aromatic N) is 2. The third-order valence-corrected chi connectivity index (χ3v) is 5.81. The number of hydrogen-bond acceptors (Lipinski definition) is 6. The van der Waals surface area contributed by atoms with Gasteiger partial charge in [-0.2, -0.15) is 0 Å². The fraction of sp³-hybridized carbons (Fsp3) is 0.391. The molecule has 10 heteroatoms. The van der Waals surface area contributed by atoms with Crippen LogP contribution in [0.1, 0.15) is 32.6 Å². The molecule has 3 aromatic rings. The van der Waals surface area contributed by atoms with E-state index in [4.69, 9.17) is 16.3 Å². The SMILES string of the molecule is CCOC(=O)CNC(=O)NC1CCCC(Nc2cc(-c3c[nH]c4ncccc34)cc(Cl)n2)C1. The Morgan fingerprint density at radius 1 is 1.27 bits per heavy atom. The van der Waals surface area contributed by atoms with E-state index in [1.54, 1.807) is 13.1 Å². The third kappa shape index (κ3) is 5.92. The van der Waals surface area contributed by atoms with Crippen LogP contribution in [-0.2, 0) is 9.53 Å². The fourth-order valence-electron chi connectivity index (χ4n) is 4.18. The zero-order chi connectivity index (χ0) is 23.2. The highest BCUT2D eigenvalue weighted by Gasteiger charge is 2.24. The molecule has 174 valence electrons. The Morgan fingerprint density at radius 2 is 2.12 bits per heavy atom. The van der Waals surface area contributed by atoms with Crippen LogP contribution in [0.15, 0.2) is 36.7 Å². The van der Waals surface area contributed by atoms with Crippen molar-refractivity contribution in [3.05, 3.63) is 41.8 Å². The number of pyridine rings is 2. The third-order valence-electron chi connectivity index (χ3n) is 5.62. The van der Waals surface area contributed by atoms with Crippen LogP contribution in [0.5, 0.6) is 0 Å². The molecular weight excluding hydrogens is 444 g/mol. The Kier molecular flexibility index (Phi) is 7.29. The van der Waals surface area contributed by atoms with E-state index < -0.39 is 5.97 Å². The average Bonchev–Trinajstić information content (AvgIpc) is 3.22. The molecule has 3 heterocycles. The zero-order valence-corrected chi connectivity index (χ0v) is 19.1. The summed E-state index contributed by atoms with van der Waals surface area (Å²) < 4.78 is 4.82. The molecular formula is C23H27ClN6O3. The van der Waals surface area contributed by atoms with E-state index in [-0.39, 0.29) is 31.3 Å². The number of halogens is 1. The molecule has 2 unspecified atom stereocenters. The molecule has 0 aromatic carbocycles. The van der Waals surface area contributed by atoms with Crippen molar-refractivity contribution in [1.29, 1.82) is 0 Å². The van der Waals surface area contributed by atoms with Crippen molar-refractivity contribution in [3.63, 3.8) is 0 Å². The first-order chi connectivity index (χ1) is 16.0. The number of carbonyl (C=O) groups is 2. The number of amides is 2. The molecule has 1 aliphatic carbocycles. The van der Waals surface area contributed by atoms with Gasteiger partial charge in [-0.05, 0) is 62.4 Å². The Balaban J connectivity index is 1.38. The largest absolute Gasteiger partial charge is 0.465 e. The van der Waals surface area contributed by atoms with Gasteiger partial charge in [0.05, 0.1) is 6.61 Å². The van der Waals surface area contributed by atoms with E-state index in [1.165, 1.54) is 0 Å². The van der Waals surface area contributed by atoms with Crippen LogP contribution in [-0.4, -0.2) is 52.2 Å². The highest BCUT2D eigenvalue weighted by Crippen LogP contribution is 2.31. The molecule has 3 aromatic heterocycles. The minimum atomic E-state index is -0.454. The number of anilines is 1. The summed E-state index contributed by atoms with van der Waals surface area (Å²) in [5.74, 6) is 0.234. The summed E-state index contributed by atoms with van der Waals surface area (Å²) >= 11 is 6.34. The first-order valence-corrected chi connectivity index (χ1v) is 11.5. The predicted molar refractivity (Wildman–Crippen MR) is 127 cm³/mol. The van der Waals surface area contributed by atoms with Crippen LogP contribution in [0.4, 0.5) is 10.6 Å². The van der Waals surface area contributed by atoms with Crippen molar-refractivity contribution < 1.29 is 14.3 Å². The predicted octanol–water partition coefficient (Wildman–Crippen LogP) is 3.86. The molecule has 0 bridgehead atoms.